The van der Waals surface area contributed by atoms with Crippen molar-refractivity contribution in [2.24, 2.45) is 0 Å². The van der Waals surface area contributed by atoms with Gasteiger partial charge in [0.1, 0.15) is 11.6 Å². The van der Waals surface area contributed by atoms with Gasteiger partial charge in [-0.05, 0) is 24.7 Å². The van der Waals surface area contributed by atoms with Gasteiger partial charge in [-0.25, -0.2) is 4.39 Å². The van der Waals surface area contributed by atoms with E-state index in [1.807, 2.05) is 6.07 Å². The minimum Gasteiger partial charge on any atom is -0.506 e. The molecule has 0 unspecified atom stereocenters. The van der Waals surface area contributed by atoms with Crippen LogP contribution in [-0.2, 0) is 6.54 Å². The second-order valence-corrected chi connectivity index (χ2v) is 6.32. The minimum absolute atomic E-state index is 0.115. The first-order chi connectivity index (χ1) is 11.0. The van der Waals surface area contributed by atoms with Gasteiger partial charge in [-0.3, -0.25) is 9.88 Å². The number of piperazine rings is 1. The first-order valence-electron chi connectivity index (χ1n) is 7.57. The van der Waals surface area contributed by atoms with Gasteiger partial charge in [-0.2, -0.15) is 0 Å². The number of benzene rings is 1. The number of nitrogens with zero attached hydrogens (tertiary/aromatic N) is 3. The highest BCUT2D eigenvalue weighted by molar-refractivity contribution is 6.32. The maximum atomic E-state index is 14.0. The average molecular weight is 336 g/mol. The molecule has 1 N–H and O–H groups in total. The molecule has 1 fully saturated rings. The molecule has 1 aromatic carbocycles. The molecule has 2 heterocycles. The topological polar surface area (TPSA) is 39.6 Å². The lowest BCUT2D eigenvalue weighted by Gasteiger charge is -2.32. The smallest absolute Gasteiger partial charge is 0.137 e. The molecule has 0 bridgehead atoms. The van der Waals surface area contributed by atoms with Crippen LogP contribution in [0, 0.1) is 5.82 Å². The number of hydrogen-bond acceptors (Lipinski definition) is 4. The molecule has 1 saturated heterocycles. The third kappa shape index (κ3) is 3.80. The van der Waals surface area contributed by atoms with Crippen molar-refractivity contribution in [2.75, 3.05) is 33.2 Å². The van der Waals surface area contributed by atoms with Gasteiger partial charge in [0.15, 0.2) is 0 Å². The lowest BCUT2D eigenvalue weighted by molar-refractivity contribution is 0.148. The summed E-state index contributed by atoms with van der Waals surface area (Å²) in [5.41, 5.74) is 1.90. The van der Waals surface area contributed by atoms with Gasteiger partial charge in [0, 0.05) is 50.6 Å². The standard InChI is InChI=1S/C17H19ClFN3O/c1-21-4-6-22(7-5-21)11-12-2-3-16(20-10-12)13-8-14(18)17(23)9-15(13)19/h2-3,8-10,23H,4-7,11H2,1H3. The molecule has 6 heteroatoms. The minimum atomic E-state index is -0.536. The third-order valence-corrected chi connectivity index (χ3v) is 4.44. The summed E-state index contributed by atoms with van der Waals surface area (Å²) in [7, 11) is 2.13. The number of halogens is 2. The number of hydrogen-bond donors (Lipinski definition) is 1. The Balaban J connectivity index is 1.73. The van der Waals surface area contributed by atoms with E-state index < -0.39 is 5.82 Å². The van der Waals surface area contributed by atoms with Gasteiger partial charge in [-0.1, -0.05) is 17.7 Å². The van der Waals surface area contributed by atoms with E-state index in [1.165, 1.54) is 6.07 Å². The second kappa shape index (κ2) is 6.83. The zero-order chi connectivity index (χ0) is 16.4. The van der Waals surface area contributed by atoms with Crippen LogP contribution in [0.4, 0.5) is 4.39 Å². The van der Waals surface area contributed by atoms with Crippen molar-refractivity contribution < 1.29 is 9.50 Å². The van der Waals surface area contributed by atoms with E-state index in [0.717, 1.165) is 44.4 Å². The van der Waals surface area contributed by atoms with Crippen LogP contribution in [0.3, 0.4) is 0 Å². The lowest BCUT2D eigenvalue weighted by Crippen LogP contribution is -2.43. The van der Waals surface area contributed by atoms with Crippen LogP contribution >= 0.6 is 11.6 Å². The highest BCUT2D eigenvalue weighted by atomic mass is 35.5. The van der Waals surface area contributed by atoms with Crippen LogP contribution in [0.2, 0.25) is 5.02 Å². The fourth-order valence-electron chi connectivity index (χ4n) is 2.67. The summed E-state index contributed by atoms with van der Waals surface area (Å²) >= 11 is 5.85. The molecule has 0 saturated carbocycles. The molecule has 23 heavy (non-hydrogen) atoms. The summed E-state index contributed by atoms with van der Waals surface area (Å²) in [6, 6.07) is 6.16. The van der Waals surface area contributed by atoms with E-state index in [9.17, 15) is 9.50 Å². The molecule has 3 rings (SSSR count). The van der Waals surface area contributed by atoms with E-state index in [1.54, 1.807) is 12.3 Å². The molecule has 0 amide bonds. The molecule has 1 aliphatic rings. The quantitative estimate of drug-likeness (QED) is 0.936. The molecule has 0 spiro atoms. The molecular formula is C17H19ClFN3O. The van der Waals surface area contributed by atoms with Gasteiger partial charge >= 0.3 is 0 Å². The first kappa shape index (κ1) is 16.2. The average Bonchev–Trinajstić information content (AvgIpc) is 2.54. The summed E-state index contributed by atoms with van der Waals surface area (Å²) in [4.78, 5) is 9.04. The number of aromatic hydroxyl groups is 1. The first-order valence-corrected chi connectivity index (χ1v) is 7.95. The molecule has 0 radical (unpaired) electrons. The van der Waals surface area contributed by atoms with E-state index in [4.69, 9.17) is 11.6 Å². The van der Waals surface area contributed by atoms with Crippen molar-refractivity contribution in [1.29, 1.82) is 0 Å². The molecule has 2 aromatic rings. The largest absolute Gasteiger partial charge is 0.506 e. The van der Waals surface area contributed by atoms with Crippen LogP contribution < -0.4 is 0 Å². The molecule has 0 atom stereocenters. The number of rotatable bonds is 3. The zero-order valence-electron chi connectivity index (χ0n) is 13.0. The zero-order valence-corrected chi connectivity index (χ0v) is 13.7. The summed E-state index contributed by atoms with van der Waals surface area (Å²) in [6.07, 6.45) is 1.77. The second-order valence-electron chi connectivity index (χ2n) is 5.91. The van der Waals surface area contributed by atoms with Crippen molar-refractivity contribution in [3.8, 4) is 17.0 Å². The monoisotopic (exact) mass is 335 g/mol. The number of phenols is 1. The van der Waals surface area contributed by atoms with Crippen LogP contribution in [0.15, 0.2) is 30.5 Å². The molecular weight excluding hydrogens is 317 g/mol. The molecule has 122 valence electrons. The summed E-state index contributed by atoms with van der Waals surface area (Å²) in [5.74, 6) is -0.800. The molecule has 0 aliphatic carbocycles. The number of aromatic nitrogens is 1. The number of pyridine rings is 1. The van der Waals surface area contributed by atoms with E-state index >= 15 is 0 Å². The van der Waals surface area contributed by atoms with E-state index in [0.29, 0.717) is 11.3 Å². The van der Waals surface area contributed by atoms with E-state index in [-0.39, 0.29) is 10.8 Å². The molecule has 4 nitrogen and oxygen atoms in total. The Bertz CT molecular complexity index is 685. The van der Waals surface area contributed by atoms with Gasteiger partial charge in [0.25, 0.3) is 0 Å². The summed E-state index contributed by atoms with van der Waals surface area (Å²) in [5, 5.41) is 9.53. The van der Waals surface area contributed by atoms with Gasteiger partial charge in [0.05, 0.1) is 10.7 Å². The Hall–Kier alpha value is -1.69. The Labute approximate surface area is 140 Å². The van der Waals surface area contributed by atoms with Crippen molar-refractivity contribution in [1.82, 2.24) is 14.8 Å². The maximum absolute atomic E-state index is 14.0. The van der Waals surface area contributed by atoms with Crippen molar-refractivity contribution >= 4 is 11.6 Å². The van der Waals surface area contributed by atoms with Crippen molar-refractivity contribution in [2.45, 2.75) is 6.54 Å². The number of phenolic OH excluding ortho intramolecular Hbond substituents is 1. The third-order valence-electron chi connectivity index (χ3n) is 4.14. The Morgan fingerprint density at radius 2 is 1.96 bits per heavy atom. The van der Waals surface area contributed by atoms with Crippen molar-refractivity contribution in [3.05, 3.63) is 46.9 Å². The predicted molar refractivity (Wildman–Crippen MR) is 89.1 cm³/mol. The fraction of sp³-hybridized carbons (Fsp3) is 0.353. The fourth-order valence-corrected chi connectivity index (χ4v) is 2.84. The Kier molecular flexibility index (Phi) is 4.80. The van der Waals surface area contributed by atoms with Crippen LogP contribution in [-0.4, -0.2) is 53.1 Å². The maximum Gasteiger partial charge on any atom is 0.137 e. The van der Waals surface area contributed by atoms with E-state index in [2.05, 4.69) is 21.8 Å². The highest BCUT2D eigenvalue weighted by Gasteiger charge is 2.15. The van der Waals surface area contributed by atoms with Crippen LogP contribution in [0.25, 0.3) is 11.3 Å². The normalized spacial score (nSPS) is 16.7. The molecule has 1 aliphatic heterocycles. The van der Waals surface area contributed by atoms with Crippen molar-refractivity contribution in [3.63, 3.8) is 0 Å². The lowest BCUT2D eigenvalue weighted by atomic mass is 10.1. The van der Waals surface area contributed by atoms with Gasteiger partial charge < -0.3 is 10.0 Å². The van der Waals surface area contributed by atoms with Crippen LogP contribution in [0.5, 0.6) is 5.75 Å². The van der Waals surface area contributed by atoms with Gasteiger partial charge in [0.2, 0.25) is 0 Å². The van der Waals surface area contributed by atoms with Gasteiger partial charge in [-0.15, -0.1) is 0 Å². The summed E-state index contributed by atoms with van der Waals surface area (Å²) in [6.45, 7) is 5.08. The Morgan fingerprint density at radius 1 is 1.22 bits per heavy atom. The molecule has 1 aromatic heterocycles. The Morgan fingerprint density at radius 3 is 2.61 bits per heavy atom. The SMILES string of the molecule is CN1CCN(Cc2ccc(-c3cc(Cl)c(O)cc3F)nc2)CC1. The van der Waals surface area contributed by atoms with Crippen LogP contribution in [0.1, 0.15) is 5.56 Å². The predicted octanol–water partition coefficient (Wildman–Crippen LogP) is 2.99. The highest BCUT2D eigenvalue weighted by Crippen LogP contribution is 2.31. The number of likely N-dealkylation sites (N-methyl/N-ethyl adjacent to an activating group) is 1. The summed E-state index contributed by atoms with van der Waals surface area (Å²) < 4.78 is 14.0.